The van der Waals surface area contributed by atoms with E-state index in [1.807, 2.05) is 19.9 Å². The Kier molecular flexibility index (Phi) is 7.95. The summed E-state index contributed by atoms with van der Waals surface area (Å²) in [7, 11) is 0. The highest BCUT2D eigenvalue weighted by molar-refractivity contribution is 5.72. The number of hydrogen-bond donors (Lipinski definition) is 2. The molecule has 0 spiro atoms. The fourth-order valence-corrected chi connectivity index (χ4v) is 1.01. The fourth-order valence-electron chi connectivity index (χ4n) is 1.01. The van der Waals surface area contributed by atoms with Gasteiger partial charge in [-0.05, 0) is 33.1 Å². The molecule has 0 bridgehead atoms. The smallest absolute Gasteiger partial charge is 0.320 e. The molecule has 0 amide bonds. The Balaban J connectivity index is 3.29. The molecule has 0 aromatic rings. The van der Waals surface area contributed by atoms with Gasteiger partial charge in [0.2, 0.25) is 0 Å². The summed E-state index contributed by atoms with van der Waals surface area (Å²) in [5.74, 6) is -0.930. The molecule has 4 nitrogen and oxygen atoms in total. The van der Waals surface area contributed by atoms with Crippen LogP contribution in [0.4, 0.5) is 0 Å². The molecule has 0 aliphatic rings. The van der Waals surface area contributed by atoms with Gasteiger partial charge in [-0.3, -0.25) is 4.79 Å². The zero-order valence-corrected chi connectivity index (χ0v) is 9.53. The molecule has 3 N–H and O–H groups in total. The molecule has 0 aromatic heterocycles. The zero-order chi connectivity index (χ0) is 11.7. The second-order valence-corrected chi connectivity index (χ2v) is 3.63. The van der Waals surface area contributed by atoms with Crippen molar-refractivity contribution < 1.29 is 14.6 Å². The topological polar surface area (TPSA) is 72.5 Å². The van der Waals surface area contributed by atoms with Gasteiger partial charge in [0.15, 0.2) is 0 Å². The third kappa shape index (κ3) is 8.15. The Morgan fingerprint density at radius 3 is 2.73 bits per heavy atom. The molecular formula is C11H21NO3. The second-order valence-electron chi connectivity index (χ2n) is 3.63. The molecule has 1 atom stereocenters. The van der Waals surface area contributed by atoms with Crippen molar-refractivity contribution in [2.45, 2.75) is 39.2 Å². The van der Waals surface area contributed by atoms with Gasteiger partial charge in [-0.25, -0.2) is 0 Å². The van der Waals surface area contributed by atoms with E-state index in [0.717, 1.165) is 12.8 Å². The van der Waals surface area contributed by atoms with Crippen molar-refractivity contribution in [3.05, 3.63) is 11.6 Å². The van der Waals surface area contributed by atoms with Crippen molar-refractivity contribution in [2.75, 3.05) is 13.2 Å². The summed E-state index contributed by atoms with van der Waals surface area (Å²) in [6.07, 6.45) is 4.18. The van der Waals surface area contributed by atoms with E-state index in [-0.39, 0.29) is 0 Å². The van der Waals surface area contributed by atoms with Gasteiger partial charge < -0.3 is 15.6 Å². The number of aliphatic carboxylic acids is 1. The van der Waals surface area contributed by atoms with Crippen molar-refractivity contribution in [3.63, 3.8) is 0 Å². The van der Waals surface area contributed by atoms with E-state index < -0.39 is 12.0 Å². The van der Waals surface area contributed by atoms with Crippen LogP contribution in [0.5, 0.6) is 0 Å². The van der Waals surface area contributed by atoms with E-state index in [2.05, 4.69) is 0 Å². The minimum atomic E-state index is -0.930. The summed E-state index contributed by atoms with van der Waals surface area (Å²) in [5, 5.41) is 8.53. The molecule has 4 heteroatoms. The summed E-state index contributed by atoms with van der Waals surface area (Å²) in [6, 6.07) is -0.734. The summed E-state index contributed by atoms with van der Waals surface area (Å²) in [5.41, 5.74) is 6.56. The van der Waals surface area contributed by atoms with Gasteiger partial charge in [-0.15, -0.1) is 0 Å². The third-order valence-corrected chi connectivity index (χ3v) is 2.19. The predicted molar refractivity (Wildman–Crippen MR) is 59.7 cm³/mol. The molecule has 1 unspecified atom stereocenters. The number of carboxylic acid groups (broad SMARTS) is 1. The maximum atomic E-state index is 10.4. The largest absolute Gasteiger partial charge is 0.480 e. The Morgan fingerprint density at radius 2 is 2.20 bits per heavy atom. The van der Waals surface area contributed by atoms with Crippen molar-refractivity contribution in [1.29, 1.82) is 0 Å². The highest BCUT2D eigenvalue weighted by atomic mass is 16.5. The fraction of sp³-hybridized carbons (Fsp3) is 0.727. The first kappa shape index (κ1) is 14.1. The number of allylic oxidation sites excluding steroid dienone is 1. The lowest BCUT2D eigenvalue weighted by Gasteiger charge is -2.06. The van der Waals surface area contributed by atoms with Crippen LogP contribution in [0.25, 0.3) is 0 Å². The number of unbranched alkanes of at least 4 members (excludes halogenated alkanes) is 1. The highest BCUT2D eigenvalue weighted by Gasteiger charge is 2.09. The molecule has 0 heterocycles. The first-order valence-electron chi connectivity index (χ1n) is 5.25. The Hall–Kier alpha value is -0.870. The molecule has 15 heavy (non-hydrogen) atoms. The molecular weight excluding hydrogens is 194 g/mol. The molecule has 0 saturated heterocycles. The number of ether oxygens (including phenoxy) is 1. The van der Waals surface area contributed by atoms with E-state index in [9.17, 15) is 4.79 Å². The Labute approximate surface area is 91.1 Å². The summed E-state index contributed by atoms with van der Waals surface area (Å²) < 4.78 is 5.37. The Morgan fingerprint density at radius 1 is 1.53 bits per heavy atom. The average molecular weight is 215 g/mol. The third-order valence-electron chi connectivity index (χ3n) is 2.19. The lowest BCUT2D eigenvalue weighted by Crippen LogP contribution is -2.29. The van der Waals surface area contributed by atoms with Crippen LogP contribution in [-0.2, 0) is 9.53 Å². The predicted octanol–water partition coefficient (Wildman–Crippen LogP) is 1.55. The first-order valence-corrected chi connectivity index (χ1v) is 5.25. The summed E-state index contributed by atoms with van der Waals surface area (Å²) >= 11 is 0. The van der Waals surface area contributed by atoms with E-state index in [1.54, 1.807) is 0 Å². The Bertz CT molecular complexity index is 214. The SMILES string of the molecule is CC=C(C)COCCCCC(N)C(=O)O. The van der Waals surface area contributed by atoms with Gasteiger partial charge in [-0.2, -0.15) is 0 Å². The molecule has 0 aromatic carbocycles. The van der Waals surface area contributed by atoms with Gasteiger partial charge in [0.1, 0.15) is 6.04 Å². The standard InChI is InChI=1S/C11H21NO3/c1-3-9(2)8-15-7-5-4-6-10(12)11(13)14/h3,10H,4-8,12H2,1-2H3,(H,13,14). The van der Waals surface area contributed by atoms with E-state index >= 15 is 0 Å². The van der Waals surface area contributed by atoms with Crippen LogP contribution >= 0.6 is 0 Å². The van der Waals surface area contributed by atoms with E-state index in [0.29, 0.717) is 19.6 Å². The lowest BCUT2D eigenvalue weighted by molar-refractivity contribution is -0.138. The molecule has 0 fully saturated rings. The minimum Gasteiger partial charge on any atom is -0.480 e. The molecule has 0 saturated carbocycles. The number of carbonyl (C=O) groups is 1. The van der Waals surface area contributed by atoms with E-state index in [1.165, 1.54) is 5.57 Å². The maximum Gasteiger partial charge on any atom is 0.320 e. The van der Waals surface area contributed by atoms with Gasteiger partial charge >= 0.3 is 5.97 Å². The monoisotopic (exact) mass is 215 g/mol. The van der Waals surface area contributed by atoms with Crippen LogP contribution in [-0.4, -0.2) is 30.3 Å². The van der Waals surface area contributed by atoms with Crippen LogP contribution in [0.15, 0.2) is 11.6 Å². The van der Waals surface area contributed by atoms with Crippen LogP contribution in [0.1, 0.15) is 33.1 Å². The van der Waals surface area contributed by atoms with Gasteiger partial charge in [-0.1, -0.05) is 11.6 Å². The number of carboxylic acids is 1. The van der Waals surface area contributed by atoms with Crippen LogP contribution < -0.4 is 5.73 Å². The van der Waals surface area contributed by atoms with Gasteiger partial charge in [0.25, 0.3) is 0 Å². The van der Waals surface area contributed by atoms with Gasteiger partial charge in [0.05, 0.1) is 6.61 Å². The normalized spacial score (nSPS) is 13.9. The van der Waals surface area contributed by atoms with Crippen molar-refractivity contribution >= 4 is 5.97 Å². The molecule has 0 rings (SSSR count). The van der Waals surface area contributed by atoms with E-state index in [4.69, 9.17) is 15.6 Å². The number of nitrogens with two attached hydrogens (primary N) is 1. The lowest BCUT2D eigenvalue weighted by atomic mass is 10.1. The first-order chi connectivity index (χ1) is 7.07. The quantitative estimate of drug-likeness (QED) is 0.476. The molecule has 0 aliphatic heterocycles. The zero-order valence-electron chi connectivity index (χ0n) is 9.53. The molecule has 0 aliphatic carbocycles. The second kappa shape index (κ2) is 8.44. The maximum absolute atomic E-state index is 10.4. The number of rotatable bonds is 8. The minimum absolute atomic E-state index is 0.515. The van der Waals surface area contributed by atoms with Crippen LogP contribution in [0.2, 0.25) is 0 Å². The number of hydrogen-bond acceptors (Lipinski definition) is 3. The van der Waals surface area contributed by atoms with Gasteiger partial charge in [0, 0.05) is 6.61 Å². The van der Waals surface area contributed by atoms with Crippen LogP contribution in [0, 0.1) is 0 Å². The van der Waals surface area contributed by atoms with Crippen molar-refractivity contribution in [3.8, 4) is 0 Å². The van der Waals surface area contributed by atoms with Crippen LogP contribution in [0.3, 0.4) is 0 Å². The highest BCUT2D eigenvalue weighted by Crippen LogP contribution is 2.01. The summed E-state index contributed by atoms with van der Waals surface area (Å²) in [6.45, 7) is 5.31. The average Bonchev–Trinajstić information content (AvgIpc) is 2.22. The molecule has 0 radical (unpaired) electrons. The summed E-state index contributed by atoms with van der Waals surface area (Å²) in [4.78, 5) is 10.4. The molecule has 88 valence electrons. The van der Waals surface area contributed by atoms with Crippen molar-refractivity contribution in [2.24, 2.45) is 5.73 Å². The van der Waals surface area contributed by atoms with Crippen molar-refractivity contribution in [1.82, 2.24) is 0 Å².